The van der Waals surface area contributed by atoms with E-state index < -0.39 is 17.8 Å². The minimum absolute atomic E-state index is 0.120. The number of carbonyl (C=O) groups excluding carboxylic acids is 1. The molecule has 2 aromatic heterocycles. The summed E-state index contributed by atoms with van der Waals surface area (Å²) in [5, 5.41) is 3.97. The molecule has 1 aliphatic rings. The molecule has 1 aliphatic heterocycles. The lowest BCUT2D eigenvalue weighted by atomic mass is 9.94. The molecule has 3 aromatic rings. The van der Waals surface area contributed by atoms with Crippen LogP contribution in [0.3, 0.4) is 0 Å². The van der Waals surface area contributed by atoms with Gasteiger partial charge in [-0.2, -0.15) is 13.2 Å². The van der Waals surface area contributed by atoms with Gasteiger partial charge in [0.1, 0.15) is 17.0 Å². The first-order valence-corrected chi connectivity index (χ1v) is 11.4. The van der Waals surface area contributed by atoms with E-state index in [1.54, 1.807) is 30.7 Å². The first-order valence-electron chi connectivity index (χ1n) is 10.6. The molecular formula is C23H25F3N4OS. The highest BCUT2D eigenvalue weighted by molar-refractivity contribution is 7.18. The number of hydrogen-bond donors (Lipinski definition) is 1. The number of alkyl halides is 3. The van der Waals surface area contributed by atoms with E-state index in [0.717, 1.165) is 28.2 Å². The number of piperidine rings is 1. The van der Waals surface area contributed by atoms with E-state index in [2.05, 4.69) is 34.0 Å². The number of thiophene rings is 1. The monoisotopic (exact) mass is 462 g/mol. The number of hydrogen-bond acceptors (Lipinski definition) is 5. The van der Waals surface area contributed by atoms with E-state index in [1.165, 1.54) is 16.5 Å². The van der Waals surface area contributed by atoms with Crippen LogP contribution in [0.25, 0.3) is 10.2 Å². The van der Waals surface area contributed by atoms with Crippen LogP contribution in [0.1, 0.15) is 47.4 Å². The third kappa shape index (κ3) is 4.44. The maximum absolute atomic E-state index is 13.0. The first-order chi connectivity index (χ1) is 15.1. The summed E-state index contributed by atoms with van der Waals surface area (Å²) in [6.07, 6.45) is -1.50. The van der Waals surface area contributed by atoms with Gasteiger partial charge in [0, 0.05) is 23.9 Å². The molecule has 1 saturated heterocycles. The second-order valence-corrected chi connectivity index (χ2v) is 9.48. The standard InChI is InChI=1S/C23H25F3N4OS/c1-13-15(3)32-22-19(13)20(27-12-28-22)30-9-7-16(8-10-30)21(31)29-14(2)17-5-4-6-18(11-17)23(24,25)26/h4-6,11-12,14,16H,7-10H2,1-3H3,(H,29,31). The number of nitrogens with one attached hydrogen (secondary N) is 1. The number of carbonyl (C=O) groups is 1. The van der Waals surface area contributed by atoms with Gasteiger partial charge in [-0.25, -0.2) is 9.97 Å². The van der Waals surface area contributed by atoms with Gasteiger partial charge < -0.3 is 10.2 Å². The molecule has 1 fully saturated rings. The number of aromatic nitrogens is 2. The van der Waals surface area contributed by atoms with Crippen LogP contribution in [0.15, 0.2) is 30.6 Å². The topological polar surface area (TPSA) is 58.1 Å². The van der Waals surface area contributed by atoms with Crippen molar-refractivity contribution in [3.05, 3.63) is 52.2 Å². The Morgan fingerprint density at radius 1 is 1.22 bits per heavy atom. The van der Waals surface area contributed by atoms with Crippen molar-refractivity contribution in [1.82, 2.24) is 15.3 Å². The lowest BCUT2D eigenvalue weighted by Gasteiger charge is -2.33. The number of anilines is 1. The summed E-state index contributed by atoms with van der Waals surface area (Å²) in [4.78, 5) is 26.1. The Morgan fingerprint density at radius 3 is 2.62 bits per heavy atom. The van der Waals surface area contributed by atoms with E-state index in [0.29, 0.717) is 31.5 Å². The van der Waals surface area contributed by atoms with Crippen LogP contribution in [0.2, 0.25) is 0 Å². The number of amides is 1. The molecule has 1 atom stereocenters. The molecule has 170 valence electrons. The first kappa shape index (κ1) is 22.5. The average molecular weight is 463 g/mol. The number of benzene rings is 1. The smallest absolute Gasteiger partial charge is 0.356 e. The van der Waals surface area contributed by atoms with Crippen molar-refractivity contribution >= 4 is 33.3 Å². The summed E-state index contributed by atoms with van der Waals surface area (Å²) in [5.74, 6) is 0.611. The van der Waals surface area contributed by atoms with Crippen LogP contribution in [0.5, 0.6) is 0 Å². The van der Waals surface area contributed by atoms with E-state index in [4.69, 9.17) is 0 Å². The van der Waals surface area contributed by atoms with Crippen molar-refractivity contribution in [2.24, 2.45) is 5.92 Å². The summed E-state index contributed by atoms with van der Waals surface area (Å²) in [6.45, 7) is 7.25. The fourth-order valence-electron chi connectivity index (χ4n) is 4.16. The van der Waals surface area contributed by atoms with Crippen LogP contribution >= 0.6 is 11.3 Å². The maximum atomic E-state index is 13.0. The van der Waals surface area contributed by atoms with Crippen molar-refractivity contribution in [2.75, 3.05) is 18.0 Å². The Bertz CT molecular complexity index is 1140. The summed E-state index contributed by atoms with van der Waals surface area (Å²) in [7, 11) is 0. The lowest BCUT2D eigenvalue weighted by Crippen LogP contribution is -2.41. The van der Waals surface area contributed by atoms with Gasteiger partial charge in [0.2, 0.25) is 5.91 Å². The number of fused-ring (bicyclic) bond motifs is 1. The Morgan fingerprint density at radius 2 is 1.94 bits per heavy atom. The van der Waals surface area contributed by atoms with Gasteiger partial charge in [-0.15, -0.1) is 11.3 Å². The van der Waals surface area contributed by atoms with Crippen LogP contribution in [-0.4, -0.2) is 29.0 Å². The molecule has 3 heterocycles. The fourth-order valence-corrected chi connectivity index (χ4v) is 5.15. The molecular weight excluding hydrogens is 437 g/mol. The van der Waals surface area contributed by atoms with Crippen LogP contribution < -0.4 is 10.2 Å². The molecule has 1 amide bonds. The van der Waals surface area contributed by atoms with E-state index in [9.17, 15) is 18.0 Å². The molecule has 4 rings (SSSR count). The molecule has 0 bridgehead atoms. The minimum Gasteiger partial charge on any atom is -0.356 e. The molecule has 0 radical (unpaired) electrons. The third-order valence-corrected chi connectivity index (χ3v) is 7.30. The zero-order valence-electron chi connectivity index (χ0n) is 18.2. The van der Waals surface area contributed by atoms with Gasteiger partial charge in [0.15, 0.2) is 0 Å². The molecule has 1 unspecified atom stereocenters. The number of halogens is 3. The number of nitrogens with zero attached hydrogens (tertiary/aromatic N) is 3. The highest BCUT2D eigenvalue weighted by Gasteiger charge is 2.31. The van der Waals surface area contributed by atoms with Crippen molar-refractivity contribution in [2.45, 2.75) is 45.8 Å². The predicted molar refractivity (Wildman–Crippen MR) is 120 cm³/mol. The normalized spacial score (nSPS) is 16.4. The molecule has 0 spiro atoms. The third-order valence-electron chi connectivity index (χ3n) is 6.18. The van der Waals surface area contributed by atoms with Gasteiger partial charge in [-0.1, -0.05) is 12.1 Å². The SMILES string of the molecule is Cc1sc2ncnc(N3CCC(C(=O)NC(C)c4cccc(C(F)(F)F)c4)CC3)c2c1C. The molecule has 0 saturated carbocycles. The molecule has 1 aromatic carbocycles. The summed E-state index contributed by atoms with van der Waals surface area (Å²) in [5.41, 5.74) is 0.923. The maximum Gasteiger partial charge on any atom is 0.416 e. The Labute approximate surface area is 188 Å². The van der Waals surface area contributed by atoms with Crippen molar-refractivity contribution in [3.8, 4) is 0 Å². The van der Waals surface area contributed by atoms with E-state index in [-0.39, 0.29) is 11.8 Å². The molecule has 0 aliphatic carbocycles. The lowest BCUT2D eigenvalue weighted by molar-refractivity contribution is -0.137. The van der Waals surface area contributed by atoms with Gasteiger partial charge in [0.25, 0.3) is 0 Å². The zero-order chi connectivity index (χ0) is 23.0. The van der Waals surface area contributed by atoms with E-state index in [1.807, 2.05) is 0 Å². The summed E-state index contributed by atoms with van der Waals surface area (Å²) in [6, 6.07) is 4.61. The van der Waals surface area contributed by atoms with E-state index >= 15 is 0 Å². The average Bonchev–Trinajstić information content (AvgIpc) is 3.07. The Kier molecular flexibility index (Phi) is 6.11. The number of rotatable bonds is 4. The van der Waals surface area contributed by atoms with Crippen LogP contribution in [0, 0.1) is 19.8 Å². The number of aryl methyl sites for hydroxylation is 2. The van der Waals surface area contributed by atoms with Crippen LogP contribution in [0.4, 0.5) is 19.0 Å². The summed E-state index contributed by atoms with van der Waals surface area (Å²) < 4.78 is 39.0. The highest BCUT2D eigenvalue weighted by Crippen LogP contribution is 2.36. The second kappa shape index (κ2) is 8.69. The molecule has 9 heteroatoms. The van der Waals surface area contributed by atoms with Crippen molar-refractivity contribution in [3.63, 3.8) is 0 Å². The molecule has 32 heavy (non-hydrogen) atoms. The van der Waals surface area contributed by atoms with Crippen LogP contribution in [-0.2, 0) is 11.0 Å². The molecule has 5 nitrogen and oxygen atoms in total. The minimum atomic E-state index is -4.40. The quantitative estimate of drug-likeness (QED) is 0.563. The summed E-state index contributed by atoms with van der Waals surface area (Å²) >= 11 is 1.66. The Hall–Kier alpha value is -2.68. The van der Waals surface area contributed by atoms with Gasteiger partial charge >= 0.3 is 6.18 Å². The van der Waals surface area contributed by atoms with Gasteiger partial charge in [-0.05, 0) is 56.9 Å². The highest BCUT2D eigenvalue weighted by atomic mass is 32.1. The second-order valence-electron chi connectivity index (χ2n) is 8.28. The predicted octanol–water partition coefficient (Wildman–Crippen LogP) is 5.42. The zero-order valence-corrected chi connectivity index (χ0v) is 19.0. The largest absolute Gasteiger partial charge is 0.416 e. The van der Waals surface area contributed by atoms with Gasteiger partial charge in [-0.3, -0.25) is 4.79 Å². The van der Waals surface area contributed by atoms with Gasteiger partial charge in [0.05, 0.1) is 17.0 Å². The molecule has 1 N–H and O–H groups in total. The van der Waals surface area contributed by atoms with Crippen molar-refractivity contribution < 1.29 is 18.0 Å². The van der Waals surface area contributed by atoms with Crippen molar-refractivity contribution in [1.29, 1.82) is 0 Å². The fraction of sp³-hybridized carbons (Fsp3) is 0.435. The Balaban J connectivity index is 1.40.